The maximum Gasteiger partial charge on any atom is 0.257 e. The number of rotatable bonds is 7. The minimum absolute atomic E-state index is 0.0443. The summed E-state index contributed by atoms with van der Waals surface area (Å²) in [5, 5.41) is 5.89. The van der Waals surface area contributed by atoms with Crippen molar-refractivity contribution < 1.29 is 14.3 Å². The van der Waals surface area contributed by atoms with Gasteiger partial charge < -0.3 is 14.8 Å². The van der Waals surface area contributed by atoms with Crippen LogP contribution in [0.2, 0.25) is 0 Å². The van der Waals surface area contributed by atoms with Crippen LogP contribution in [-0.2, 0) is 6.61 Å². The summed E-state index contributed by atoms with van der Waals surface area (Å²) in [5.74, 6) is 1.12. The smallest absolute Gasteiger partial charge is 0.257 e. The normalized spacial score (nSPS) is 10.5. The highest BCUT2D eigenvalue weighted by Gasteiger charge is 2.12. The first kappa shape index (κ1) is 22.8. The first-order chi connectivity index (χ1) is 14.9. The van der Waals surface area contributed by atoms with Crippen LogP contribution in [-0.4, -0.2) is 17.1 Å². The quantitative estimate of drug-likeness (QED) is 0.394. The molecule has 0 saturated heterocycles. The van der Waals surface area contributed by atoms with Gasteiger partial charge in [0.1, 0.15) is 18.1 Å². The molecule has 0 aliphatic heterocycles. The predicted molar refractivity (Wildman–Crippen MR) is 131 cm³/mol. The Morgan fingerprint density at radius 1 is 1.03 bits per heavy atom. The largest absolute Gasteiger partial charge is 0.490 e. The second-order valence-electron chi connectivity index (χ2n) is 7.02. The maximum absolute atomic E-state index is 12.5. The average Bonchev–Trinajstić information content (AvgIpc) is 2.75. The lowest BCUT2D eigenvalue weighted by Crippen LogP contribution is -2.34. The standard InChI is InChI=1S/C24H23BrN2O3S/c1-16(2)30-22-13-8-18(14-21(22)25)23(28)27-24(31)26-19-9-11-20(12-10-19)29-15-17-6-4-3-5-7-17/h3-14,16H,15H2,1-2H3,(H2,26,27,28,31). The fourth-order valence-corrected chi connectivity index (χ4v) is 3.39. The highest BCUT2D eigenvalue weighted by molar-refractivity contribution is 9.10. The van der Waals surface area contributed by atoms with Gasteiger partial charge >= 0.3 is 0 Å². The summed E-state index contributed by atoms with van der Waals surface area (Å²) in [4.78, 5) is 12.5. The van der Waals surface area contributed by atoms with Crippen molar-refractivity contribution in [1.82, 2.24) is 5.32 Å². The van der Waals surface area contributed by atoms with Crippen molar-refractivity contribution in [2.75, 3.05) is 5.32 Å². The minimum atomic E-state index is -0.308. The average molecular weight is 499 g/mol. The monoisotopic (exact) mass is 498 g/mol. The van der Waals surface area contributed by atoms with Crippen molar-refractivity contribution >= 4 is 44.9 Å². The van der Waals surface area contributed by atoms with Crippen molar-refractivity contribution in [3.8, 4) is 11.5 Å². The van der Waals surface area contributed by atoms with E-state index in [2.05, 4.69) is 26.6 Å². The van der Waals surface area contributed by atoms with Gasteiger partial charge in [-0.25, -0.2) is 0 Å². The van der Waals surface area contributed by atoms with Crippen molar-refractivity contribution in [1.29, 1.82) is 0 Å². The molecule has 2 N–H and O–H groups in total. The number of halogens is 1. The molecule has 0 spiro atoms. The molecule has 160 valence electrons. The molecule has 7 heteroatoms. The molecular weight excluding hydrogens is 476 g/mol. The van der Waals surface area contributed by atoms with Crippen LogP contribution in [0.15, 0.2) is 77.3 Å². The molecule has 0 saturated carbocycles. The van der Waals surface area contributed by atoms with Gasteiger partial charge in [0, 0.05) is 11.3 Å². The molecule has 0 aliphatic carbocycles. The molecule has 5 nitrogen and oxygen atoms in total. The van der Waals surface area contributed by atoms with Crippen molar-refractivity contribution in [3.63, 3.8) is 0 Å². The SMILES string of the molecule is CC(C)Oc1ccc(C(=O)NC(=S)Nc2ccc(OCc3ccccc3)cc2)cc1Br. The number of thiocarbonyl (C=S) groups is 1. The number of nitrogens with one attached hydrogen (secondary N) is 2. The van der Waals surface area contributed by atoms with E-state index in [0.29, 0.717) is 22.4 Å². The first-order valence-electron chi connectivity index (χ1n) is 9.76. The van der Waals surface area contributed by atoms with Gasteiger partial charge in [0.2, 0.25) is 0 Å². The number of anilines is 1. The third-order valence-corrected chi connectivity index (χ3v) is 4.97. The molecule has 0 fully saturated rings. The third kappa shape index (κ3) is 7.08. The van der Waals surface area contributed by atoms with E-state index in [1.807, 2.05) is 68.4 Å². The fraction of sp³-hybridized carbons (Fsp3) is 0.167. The van der Waals surface area contributed by atoms with Gasteiger partial charge in [-0.3, -0.25) is 10.1 Å². The van der Waals surface area contributed by atoms with E-state index < -0.39 is 0 Å². The maximum atomic E-state index is 12.5. The minimum Gasteiger partial charge on any atom is -0.490 e. The molecule has 3 aromatic rings. The summed E-state index contributed by atoms with van der Waals surface area (Å²) >= 11 is 8.70. The Balaban J connectivity index is 1.52. The van der Waals surface area contributed by atoms with E-state index in [1.54, 1.807) is 18.2 Å². The van der Waals surface area contributed by atoms with Crippen LogP contribution in [0.1, 0.15) is 29.8 Å². The highest BCUT2D eigenvalue weighted by atomic mass is 79.9. The van der Waals surface area contributed by atoms with E-state index in [-0.39, 0.29) is 17.1 Å². The number of hydrogen-bond donors (Lipinski definition) is 2. The number of amides is 1. The number of carbonyl (C=O) groups excluding carboxylic acids is 1. The van der Waals surface area contributed by atoms with Crippen LogP contribution in [0.5, 0.6) is 11.5 Å². The molecule has 3 rings (SSSR count). The van der Waals surface area contributed by atoms with Crippen molar-refractivity contribution in [2.45, 2.75) is 26.6 Å². The Kier molecular flexibility index (Phi) is 8.03. The third-order valence-electron chi connectivity index (χ3n) is 4.14. The summed E-state index contributed by atoms with van der Waals surface area (Å²) in [5.41, 5.74) is 2.32. The molecule has 0 bridgehead atoms. The summed E-state index contributed by atoms with van der Waals surface area (Å²) in [6, 6.07) is 22.5. The van der Waals surface area contributed by atoms with Gasteiger partial charge in [-0.05, 0) is 90.0 Å². The van der Waals surface area contributed by atoms with E-state index >= 15 is 0 Å². The van der Waals surface area contributed by atoms with Gasteiger partial charge in [-0.1, -0.05) is 30.3 Å². The molecule has 31 heavy (non-hydrogen) atoms. The highest BCUT2D eigenvalue weighted by Crippen LogP contribution is 2.27. The molecule has 0 aliphatic rings. The number of ether oxygens (including phenoxy) is 2. The van der Waals surface area contributed by atoms with Crippen LogP contribution in [0, 0.1) is 0 Å². The number of hydrogen-bond acceptors (Lipinski definition) is 4. The Labute approximate surface area is 195 Å². The molecule has 1 amide bonds. The van der Waals surface area contributed by atoms with Gasteiger partial charge in [0.15, 0.2) is 5.11 Å². The van der Waals surface area contributed by atoms with Crippen LogP contribution >= 0.6 is 28.1 Å². The molecule has 3 aromatic carbocycles. The van der Waals surface area contributed by atoms with Crippen LogP contribution < -0.4 is 20.1 Å². The van der Waals surface area contributed by atoms with E-state index in [1.165, 1.54) is 0 Å². The molecular formula is C24H23BrN2O3S. The molecule has 0 radical (unpaired) electrons. The fourth-order valence-electron chi connectivity index (χ4n) is 2.70. The molecule has 0 aromatic heterocycles. The summed E-state index contributed by atoms with van der Waals surface area (Å²) in [6.07, 6.45) is 0.0443. The second kappa shape index (κ2) is 10.9. The lowest BCUT2D eigenvalue weighted by Gasteiger charge is -2.13. The zero-order valence-corrected chi connectivity index (χ0v) is 19.6. The molecule has 0 heterocycles. The van der Waals surface area contributed by atoms with Crippen molar-refractivity contribution in [2.24, 2.45) is 0 Å². The Hall–Kier alpha value is -2.90. The topological polar surface area (TPSA) is 59.6 Å². The lowest BCUT2D eigenvalue weighted by atomic mass is 10.2. The van der Waals surface area contributed by atoms with Crippen molar-refractivity contribution in [3.05, 3.63) is 88.4 Å². The zero-order chi connectivity index (χ0) is 22.2. The first-order valence-corrected chi connectivity index (χ1v) is 11.0. The molecule has 0 unspecified atom stereocenters. The summed E-state index contributed by atoms with van der Waals surface area (Å²) < 4.78 is 12.1. The Morgan fingerprint density at radius 3 is 2.39 bits per heavy atom. The van der Waals surface area contributed by atoms with E-state index in [9.17, 15) is 4.79 Å². The van der Waals surface area contributed by atoms with Crippen LogP contribution in [0.25, 0.3) is 0 Å². The summed E-state index contributed by atoms with van der Waals surface area (Å²) in [6.45, 7) is 4.39. The Bertz CT molecular complexity index is 1040. The van der Waals surface area contributed by atoms with Gasteiger partial charge in [-0.2, -0.15) is 0 Å². The van der Waals surface area contributed by atoms with Gasteiger partial charge in [0.25, 0.3) is 5.91 Å². The Morgan fingerprint density at radius 2 is 1.74 bits per heavy atom. The van der Waals surface area contributed by atoms with Crippen LogP contribution in [0.3, 0.4) is 0 Å². The lowest BCUT2D eigenvalue weighted by molar-refractivity contribution is 0.0977. The van der Waals surface area contributed by atoms with Gasteiger partial charge in [0.05, 0.1) is 10.6 Å². The molecule has 0 atom stereocenters. The number of carbonyl (C=O) groups is 1. The second-order valence-corrected chi connectivity index (χ2v) is 8.28. The number of benzene rings is 3. The van der Waals surface area contributed by atoms with Crippen LogP contribution in [0.4, 0.5) is 5.69 Å². The predicted octanol–water partition coefficient (Wildman–Crippen LogP) is 5.94. The van der Waals surface area contributed by atoms with Gasteiger partial charge in [-0.15, -0.1) is 0 Å². The zero-order valence-electron chi connectivity index (χ0n) is 17.2. The van der Waals surface area contributed by atoms with E-state index in [4.69, 9.17) is 21.7 Å². The van der Waals surface area contributed by atoms with E-state index in [0.717, 1.165) is 17.0 Å². The summed E-state index contributed by atoms with van der Waals surface area (Å²) in [7, 11) is 0.